The minimum Gasteiger partial charge on any atom is -0.333 e. The third kappa shape index (κ3) is 4.63. The van der Waals surface area contributed by atoms with Gasteiger partial charge in [0.05, 0.1) is 6.54 Å². The van der Waals surface area contributed by atoms with Gasteiger partial charge in [-0.2, -0.15) is 0 Å². The van der Waals surface area contributed by atoms with Gasteiger partial charge in [-0.1, -0.05) is 12.1 Å². The van der Waals surface area contributed by atoms with Crippen LogP contribution < -0.4 is 5.32 Å². The fraction of sp³-hybridized carbons (Fsp3) is 0.167. The molecule has 0 fully saturated rings. The minimum absolute atomic E-state index is 0.0935. The number of rotatable bonds is 6. The number of nitrogens with zero attached hydrogens (tertiary/aromatic N) is 3. The highest BCUT2D eigenvalue weighted by Gasteiger charge is 2.14. The molecular weight excluding hydrogens is 320 g/mol. The van der Waals surface area contributed by atoms with E-state index in [1.54, 1.807) is 41.0 Å². The van der Waals surface area contributed by atoms with E-state index >= 15 is 0 Å². The zero-order valence-corrected chi connectivity index (χ0v) is 13.9. The highest BCUT2D eigenvalue weighted by molar-refractivity contribution is 7.09. The second-order valence-electron chi connectivity index (χ2n) is 5.31. The molecule has 24 heavy (non-hydrogen) atoms. The van der Waals surface area contributed by atoms with Crippen LogP contribution >= 0.6 is 11.3 Å². The van der Waals surface area contributed by atoms with Crippen LogP contribution in [0.5, 0.6) is 0 Å². The van der Waals surface area contributed by atoms with Crippen molar-refractivity contribution in [1.29, 1.82) is 0 Å². The lowest BCUT2D eigenvalue weighted by atomic mass is 10.2. The number of carbonyl (C=O) groups is 1. The van der Waals surface area contributed by atoms with E-state index < -0.39 is 0 Å². The van der Waals surface area contributed by atoms with Crippen molar-refractivity contribution in [2.24, 2.45) is 0 Å². The number of hydrogen-bond acceptors (Lipinski definition) is 4. The molecule has 0 aliphatic heterocycles. The average Bonchev–Trinajstić information content (AvgIpc) is 3.14. The van der Waals surface area contributed by atoms with Crippen LogP contribution in [0.15, 0.2) is 66.6 Å². The van der Waals surface area contributed by atoms with E-state index in [1.165, 1.54) is 0 Å². The van der Waals surface area contributed by atoms with Crippen molar-refractivity contribution in [2.75, 3.05) is 0 Å². The molecule has 0 atom stereocenters. The first kappa shape index (κ1) is 16.1. The SMILES string of the molecule is O=C(NCc1cccs1)N(Cc1ccncc1)Cc1cccnc1. The van der Waals surface area contributed by atoms with Crippen molar-refractivity contribution in [1.82, 2.24) is 20.2 Å². The summed E-state index contributed by atoms with van der Waals surface area (Å²) < 4.78 is 0. The van der Waals surface area contributed by atoms with E-state index in [-0.39, 0.29) is 6.03 Å². The van der Waals surface area contributed by atoms with E-state index in [9.17, 15) is 4.79 Å². The standard InChI is InChI=1S/C18H18N4OS/c23-18(21-12-17-4-2-10-24-17)22(13-15-5-8-19-9-6-15)14-16-3-1-7-20-11-16/h1-11H,12-14H2,(H,21,23). The summed E-state index contributed by atoms with van der Waals surface area (Å²) in [6, 6.07) is 11.6. The summed E-state index contributed by atoms with van der Waals surface area (Å²) in [5.74, 6) is 0. The Morgan fingerprint density at radius 2 is 1.83 bits per heavy atom. The average molecular weight is 338 g/mol. The molecule has 5 nitrogen and oxygen atoms in total. The third-order valence-electron chi connectivity index (χ3n) is 3.50. The van der Waals surface area contributed by atoms with Gasteiger partial charge in [-0.25, -0.2) is 4.79 Å². The maximum atomic E-state index is 12.6. The maximum absolute atomic E-state index is 12.6. The number of thiophene rings is 1. The number of nitrogens with one attached hydrogen (secondary N) is 1. The lowest BCUT2D eigenvalue weighted by Gasteiger charge is -2.23. The Morgan fingerprint density at radius 3 is 2.54 bits per heavy atom. The van der Waals surface area contributed by atoms with Crippen LogP contribution in [0.3, 0.4) is 0 Å². The molecule has 3 aromatic heterocycles. The van der Waals surface area contributed by atoms with Crippen LogP contribution in [0.2, 0.25) is 0 Å². The Labute approximate surface area is 145 Å². The number of carbonyl (C=O) groups excluding carboxylic acids is 1. The number of urea groups is 1. The van der Waals surface area contributed by atoms with E-state index in [0.717, 1.165) is 16.0 Å². The maximum Gasteiger partial charge on any atom is 0.318 e. The van der Waals surface area contributed by atoms with Gasteiger partial charge in [0.1, 0.15) is 0 Å². The summed E-state index contributed by atoms with van der Waals surface area (Å²) in [5, 5.41) is 4.99. The van der Waals surface area contributed by atoms with Crippen molar-refractivity contribution in [3.63, 3.8) is 0 Å². The van der Waals surface area contributed by atoms with Crippen LogP contribution in [0.25, 0.3) is 0 Å². The predicted molar refractivity (Wildman–Crippen MR) is 94.3 cm³/mol. The highest BCUT2D eigenvalue weighted by Crippen LogP contribution is 2.11. The summed E-state index contributed by atoms with van der Waals surface area (Å²) in [4.78, 5) is 23.7. The van der Waals surface area contributed by atoms with Gasteiger partial charge in [-0.3, -0.25) is 9.97 Å². The lowest BCUT2D eigenvalue weighted by molar-refractivity contribution is 0.192. The first-order chi connectivity index (χ1) is 11.8. The molecule has 122 valence electrons. The van der Waals surface area contributed by atoms with Gasteiger partial charge in [-0.15, -0.1) is 11.3 Å². The molecule has 6 heteroatoms. The van der Waals surface area contributed by atoms with Crippen LogP contribution in [-0.4, -0.2) is 20.9 Å². The smallest absolute Gasteiger partial charge is 0.318 e. The van der Waals surface area contributed by atoms with Crippen molar-refractivity contribution in [2.45, 2.75) is 19.6 Å². The van der Waals surface area contributed by atoms with Crippen LogP contribution in [0.1, 0.15) is 16.0 Å². The molecule has 0 aliphatic carbocycles. The molecule has 1 N–H and O–H groups in total. The van der Waals surface area contributed by atoms with E-state index in [2.05, 4.69) is 15.3 Å². The zero-order valence-electron chi connectivity index (χ0n) is 13.1. The molecule has 3 aromatic rings. The Morgan fingerprint density at radius 1 is 1.00 bits per heavy atom. The first-order valence-electron chi connectivity index (χ1n) is 7.64. The molecule has 0 unspecified atom stereocenters. The van der Waals surface area contributed by atoms with E-state index in [0.29, 0.717) is 19.6 Å². The van der Waals surface area contributed by atoms with Gasteiger partial charge in [0.25, 0.3) is 0 Å². The molecule has 0 saturated heterocycles. The summed E-state index contributed by atoms with van der Waals surface area (Å²) in [6.45, 7) is 1.57. The number of aromatic nitrogens is 2. The van der Waals surface area contributed by atoms with Crippen molar-refractivity contribution in [3.8, 4) is 0 Å². The molecular formula is C18H18N4OS. The fourth-order valence-corrected chi connectivity index (χ4v) is 2.95. The molecule has 0 aliphatic rings. The summed E-state index contributed by atoms with van der Waals surface area (Å²) >= 11 is 1.63. The fourth-order valence-electron chi connectivity index (χ4n) is 2.31. The largest absolute Gasteiger partial charge is 0.333 e. The first-order valence-corrected chi connectivity index (χ1v) is 8.52. The summed E-state index contributed by atoms with van der Waals surface area (Å²) in [6.07, 6.45) is 6.99. The molecule has 3 rings (SSSR count). The predicted octanol–water partition coefficient (Wildman–Crippen LogP) is 3.45. The molecule has 0 aromatic carbocycles. The summed E-state index contributed by atoms with van der Waals surface area (Å²) in [5.41, 5.74) is 2.04. The topological polar surface area (TPSA) is 58.1 Å². The van der Waals surface area contributed by atoms with Crippen molar-refractivity contribution < 1.29 is 4.79 Å². The van der Waals surface area contributed by atoms with Crippen LogP contribution in [0.4, 0.5) is 4.79 Å². The van der Waals surface area contributed by atoms with Gasteiger partial charge in [0, 0.05) is 42.8 Å². The monoisotopic (exact) mass is 338 g/mol. The lowest BCUT2D eigenvalue weighted by Crippen LogP contribution is -2.38. The van der Waals surface area contributed by atoms with Crippen molar-refractivity contribution in [3.05, 3.63) is 82.6 Å². The van der Waals surface area contributed by atoms with Gasteiger partial charge in [0.2, 0.25) is 0 Å². The molecule has 3 heterocycles. The Kier molecular flexibility index (Phi) is 5.52. The second-order valence-corrected chi connectivity index (χ2v) is 6.34. The minimum atomic E-state index is -0.0935. The summed E-state index contributed by atoms with van der Waals surface area (Å²) in [7, 11) is 0. The van der Waals surface area contributed by atoms with Gasteiger partial charge in [-0.05, 0) is 40.8 Å². The van der Waals surface area contributed by atoms with Gasteiger partial charge in [0.15, 0.2) is 0 Å². The van der Waals surface area contributed by atoms with Gasteiger partial charge >= 0.3 is 6.03 Å². The second kappa shape index (κ2) is 8.21. The van der Waals surface area contributed by atoms with Gasteiger partial charge < -0.3 is 10.2 Å². The highest BCUT2D eigenvalue weighted by atomic mass is 32.1. The number of hydrogen-bond donors (Lipinski definition) is 1. The molecule has 0 radical (unpaired) electrons. The van der Waals surface area contributed by atoms with Crippen molar-refractivity contribution >= 4 is 17.4 Å². The van der Waals surface area contributed by atoms with Crippen LogP contribution in [-0.2, 0) is 19.6 Å². The van der Waals surface area contributed by atoms with Crippen LogP contribution in [0, 0.1) is 0 Å². The number of pyridine rings is 2. The Bertz CT molecular complexity index is 706. The molecule has 0 saturated carbocycles. The number of amides is 2. The van der Waals surface area contributed by atoms with E-state index in [4.69, 9.17) is 0 Å². The Balaban J connectivity index is 1.69. The normalized spacial score (nSPS) is 10.3. The quantitative estimate of drug-likeness (QED) is 0.749. The van der Waals surface area contributed by atoms with E-state index in [1.807, 2.05) is 41.8 Å². The molecule has 0 bridgehead atoms. The molecule has 0 spiro atoms. The third-order valence-corrected chi connectivity index (χ3v) is 4.38. The Hall–Kier alpha value is -2.73. The zero-order chi connectivity index (χ0) is 16.6. The molecule has 2 amide bonds.